The summed E-state index contributed by atoms with van der Waals surface area (Å²) in [6, 6.07) is 4.21. The Morgan fingerprint density at radius 1 is 1.47 bits per heavy atom. The molecule has 2 heterocycles. The fourth-order valence-corrected chi connectivity index (χ4v) is 3.48. The van der Waals surface area contributed by atoms with Crippen molar-refractivity contribution in [3.05, 3.63) is 53.0 Å². The molecule has 0 bridgehead atoms. The Morgan fingerprint density at radius 3 is 2.80 bits per heavy atom. The molecule has 30 heavy (non-hydrogen) atoms. The van der Waals surface area contributed by atoms with Crippen LogP contribution in [0.3, 0.4) is 0 Å². The fourth-order valence-electron chi connectivity index (χ4n) is 2.73. The molecule has 162 valence electrons. The summed E-state index contributed by atoms with van der Waals surface area (Å²) in [4.78, 5) is 26.5. The predicted molar refractivity (Wildman–Crippen MR) is 114 cm³/mol. The van der Waals surface area contributed by atoms with E-state index in [0.717, 1.165) is 6.04 Å². The Hall–Kier alpha value is -3.05. The minimum atomic E-state index is -1.26. The zero-order valence-electron chi connectivity index (χ0n) is 17.4. The average Bonchev–Trinajstić information content (AvgIpc) is 3.08. The first kappa shape index (κ1) is 23.2. The van der Waals surface area contributed by atoms with Crippen LogP contribution in [0.2, 0.25) is 25.7 Å². The molecule has 0 unspecified atom stereocenters. The maximum Gasteiger partial charge on any atom is 0.405 e. The third-order valence-corrected chi connectivity index (χ3v) is 5.95. The van der Waals surface area contributed by atoms with E-state index in [-0.39, 0.29) is 18.1 Å². The summed E-state index contributed by atoms with van der Waals surface area (Å²) in [5, 5.41) is 15.7. The van der Waals surface area contributed by atoms with Gasteiger partial charge in [-0.25, -0.2) is 9.48 Å². The van der Waals surface area contributed by atoms with E-state index in [1.54, 1.807) is 18.2 Å². The molecule has 0 saturated heterocycles. The Balaban J connectivity index is 2.35. The third-order valence-electron chi connectivity index (χ3n) is 4.25. The number of rotatable bonds is 11. The van der Waals surface area contributed by atoms with Crippen molar-refractivity contribution in [2.24, 2.45) is 5.73 Å². The molecule has 0 fully saturated rings. The summed E-state index contributed by atoms with van der Waals surface area (Å²) in [5.74, 6) is 0. The lowest BCUT2D eigenvalue weighted by Gasteiger charge is -2.16. The minimum absolute atomic E-state index is 0.0825. The number of nitro groups is 1. The van der Waals surface area contributed by atoms with Gasteiger partial charge >= 0.3 is 11.8 Å². The van der Waals surface area contributed by atoms with E-state index in [2.05, 4.69) is 36.3 Å². The number of ether oxygens (including phenoxy) is 2. The highest BCUT2D eigenvalue weighted by Gasteiger charge is 2.24. The van der Waals surface area contributed by atoms with Crippen LogP contribution in [0, 0.1) is 10.1 Å². The molecule has 2 rings (SSSR count). The van der Waals surface area contributed by atoms with Gasteiger partial charge in [0, 0.05) is 32.9 Å². The van der Waals surface area contributed by atoms with Crippen LogP contribution >= 0.6 is 0 Å². The van der Waals surface area contributed by atoms with E-state index in [4.69, 9.17) is 15.2 Å². The second-order valence-electron chi connectivity index (χ2n) is 7.90. The monoisotopic (exact) mass is 433 g/mol. The summed E-state index contributed by atoms with van der Waals surface area (Å²) in [6.45, 7) is 11.0. The van der Waals surface area contributed by atoms with Crippen LogP contribution in [0.5, 0.6) is 0 Å². The van der Waals surface area contributed by atoms with E-state index in [1.807, 2.05) is 0 Å². The molecule has 10 nitrogen and oxygen atoms in total. The highest BCUT2D eigenvalue weighted by Crippen LogP contribution is 2.32. The molecule has 1 amide bonds. The van der Waals surface area contributed by atoms with Gasteiger partial charge in [-0.1, -0.05) is 25.7 Å². The van der Waals surface area contributed by atoms with Gasteiger partial charge in [0.15, 0.2) is 0 Å². The second kappa shape index (κ2) is 10.1. The molecular formula is C19H27N5O5Si. The van der Waals surface area contributed by atoms with Crippen LogP contribution in [0.4, 0.5) is 10.5 Å². The van der Waals surface area contributed by atoms with Gasteiger partial charge in [0.2, 0.25) is 0 Å². The van der Waals surface area contributed by atoms with Crippen LogP contribution in [-0.4, -0.2) is 40.5 Å². The van der Waals surface area contributed by atoms with Crippen molar-refractivity contribution in [1.82, 2.24) is 14.8 Å². The van der Waals surface area contributed by atoms with Crippen molar-refractivity contribution in [3.8, 4) is 11.3 Å². The number of nitrogens with zero attached hydrogens (tertiary/aromatic N) is 4. The van der Waals surface area contributed by atoms with Gasteiger partial charge in [-0.2, -0.15) is 5.10 Å². The predicted octanol–water partition coefficient (Wildman–Crippen LogP) is 3.88. The van der Waals surface area contributed by atoms with Crippen LogP contribution in [-0.2, 0) is 16.2 Å². The van der Waals surface area contributed by atoms with Crippen LogP contribution in [0.1, 0.15) is 18.2 Å². The Morgan fingerprint density at radius 2 is 2.20 bits per heavy atom. The summed E-state index contributed by atoms with van der Waals surface area (Å²) >= 11 is 0. The topological polar surface area (TPSA) is 135 Å². The normalized spacial score (nSPS) is 12.4. The molecule has 0 spiro atoms. The number of nitrogens with two attached hydrogens (primary N) is 1. The molecule has 2 aromatic rings. The molecule has 1 atom stereocenters. The number of primary amides is 1. The largest absolute Gasteiger partial charge is 0.440 e. The maximum absolute atomic E-state index is 11.5. The smallest absolute Gasteiger partial charge is 0.405 e. The van der Waals surface area contributed by atoms with Crippen molar-refractivity contribution in [2.45, 2.75) is 44.9 Å². The van der Waals surface area contributed by atoms with Gasteiger partial charge in [-0.05, 0) is 18.2 Å². The van der Waals surface area contributed by atoms with E-state index in [9.17, 15) is 14.9 Å². The molecule has 0 saturated carbocycles. The first-order chi connectivity index (χ1) is 14.1. The highest BCUT2D eigenvalue weighted by atomic mass is 28.3. The van der Waals surface area contributed by atoms with Gasteiger partial charge in [0.1, 0.15) is 24.7 Å². The molecular weight excluding hydrogens is 406 g/mol. The Labute approximate surface area is 175 Å². The average molecular weight is 434 g/mol. The van der Waals surface area contributed by atoms with Crippen LogP contribution in [0.15, 0.2) is 37.2 Å². The number of carbonyl (C=O) groups excluding carboxylic acids is 1. The van der Waals surface area contributed by atoms with Crippen LogP contribution < -0.4 is 5.73 Å². The highest BCUT2D eigenvalue weighted by molar-refractivity contribution is 6.76. The van der Waals surface area contributed by atoms with Crippen molar-refractivity contribution >= 4 is 19.9 Å². The van der Waals surface area contributed by atoms with E-state index in [1.165, 1.54) is 17.1 Å². The second-order valence-corrected chi connectivity index (χ2v) is 13.5. The number of carbonyl (C=O) groups is 1. The van der Waals surface area contributed by atoms with Crippen molar-refractivity contribution in [2.75, 3.05) is 6.61 Å². The number of amides is 1. The number of hydrogen-bond acceptors (Lipinski definition) is 7. The van der Waals surface area contributed by atoms with Gasteiger partial charge in [-0.15, -0.1) is 6.58 Å². The zero-order chi connectivity index (χ0) is 22.3. The first-order valence-corrected chi connectivity index (χ1v) is 13.1. The van der Waals surface area contributed by atoms with E-state index >= 15 is 0 Å². The lowest BCUT2D eigenvalue weighted by Crippen LogP contribution is -2.22. The number of hydrogen-bond donors (Lipinski definition) is 1. The van der Waals surface area contributed by atoms with Crippen molar-refractivity contribution < 1.29 is 19.2 Å². The summed E-state index contributed by atoms with van der Waals surface area (Å²) in [7, 11) is -1.26. The molecule has 0 radical (unpaired) electrons. The molecule has 0 aliphatic rings. The summed E-state index contributed by atoms with van der Waals surface area (Å²) < 4.78 is 12.3. The quantitative estimate of drug-likeness (QED) is 0.187. The summed E-state index contributed by atoms with van der Waals surface area (Å²) in [5.41, 5.74) is 6.17. The fraction of sp³-hybridized carbons (Fsp3) is 0.421. The standard InChI is InChI=1S/C19H27N5O5Si/c1-5-6-17(29-19(20)25)15-11-14(7-8-21-15)18-16(24(26)27)12-22-23(18)13-28-9-10-30(2,3)4/h5,7-8,11-12,17H,1,6,9-10,13H2,2-4H3,(H2,20,25)/t17-/m0/s1. The third kappa shape index (κ3) is 6.49. The molecule has 0 aliphatic carbocycles. The lowest BCUT2D eigenvalue weighted by molar-refractivity contribution is -0.384. The maximum atomic E-state index is 11.5. The lowest BCUT2D eigenvalue weighted by atomic mass is 10.1. The van der Waals surface area contributed by atoms with Gasteiger partial charge < -0.3 is 15.2 Å². The molecule has 2 N–H and O–H groups in total. The Bertz CT molecular complexity index is 909. The van der Waals surface area contributed by atoms with Gasteiger partial charge in [0.05, 0.1) is 10.6 Å². The van der Waals surface area contributed by atoms with Crippen LogP contribution in [0.25, 0.3) is 11.3 Å². The number of pyridine rings is 1. The minimum Gasteiger partial charge on any atom is -0.440 e. The molecule has 2 aromatic heterocycles. The zero-order valence-corrected chi connectivity index (χ0v) is 18.4. The van der Waals surface area contributed by atoms with Gasteiger partial charge in [-0.3, -0.25) is 15.1 Å². The molecule has 11 heteroatoms. The first-order valence-electron chi connectivity index (χ1n) is 9.43. The van der Waals surface area contributed by atoms with Gasteiger partial charge in [0.25, 0.3) is 0 Å². The van der Waals surface area contributed by atoms with E-state index in [0.29, 0.717) is 24.3 Å². The molecule has 0 aliphatic heterocycles. The van der Waals surface area contributed by atoms with Crippen molar-refractivity contribution in [3.63, 3.8) is 0 Å². The SMILES string of the molecule is C=CC[C@H](OC(N)=O)c1cc(-c2c([N+](=O)[O-])cnn2COCC[Si](C)(C)C)ccn1. The number of aromatic nitrogens is 3. The Kier molecular flexibility index (Phi) is 7.84. The molecule has 0 aromatic carbocycles. The summed E-state index contributed by atoms with van der Waals surface area (Å²) in [6.07, 6.45) is 2.85. The van der Waals surface area contributed by atoms with E-state index < -0.39 is 25.2 Å². The van der Waals surface area contributed by atoms with Crippen molar-refractivity contribution in [1.29, 1.82) is 0 Å².